The van der Waals surface area contributed by atoms with Gasteiger partial charge in [-0.3, -0.25) is 0 Å². The largest absolute Gasteiger partial charge is 0.416 e. The van der Waals surface area contributed by atoms with Gasteiger partial charge in [-0.1, -0.05) is 0 Å². The molecule has 0 bridgehead atoms. The van der Waals surface area contributed by atoms with Gasteiger partial charge in [0.25, 0.3) is 0 Å². The van der Waals surface area contributed by atoms with Crippen LogP contribution in [0.15, 0.2) is 12.1 Å². The minimum absolute atomic E-state index is 0.102. The molecule has 0 aliphatic rings. The lowest BCUT2D eigenvalue weighted by Gasteiger charge is -2.25. The number of anilines is 2. The van der Waals surface area contributed by atoms with E-state index in [2.05, 4.69) is 4.98 Å². The third kappa shape index (κ3) is 3.26. The van der Waals surface area contributed by atoms with Crippen molar-refractivity contribution in [1.82, 2.24) is 4.98 Å². The highest BCUT2D eigenvalue weighted by Crippen LogP contribution is 2.32. The van der Waals surface area contributed by atoms with Crippen molar-refractivity contribution < 1.29 is 13.2 Å². The average Bonchev–Trinajstić information content (AvgIpc) is 2.26. The lowest BCUT2D eigenvalue weighted by Crippen LogP contribution is -2.29. The number of hydrogen-bond acceptors (Lipinski definition) is 4. The van der Waals surface area contributed by atoms with E-state index >= 15 is 0 Å². The van der Waals surface area contributed by atoms with Crippen LogP contribution >= 0.6 is 0 Å². The van der Waals surface area contributed by atoms with Crippen LogP contribution in [-0.2, 0) is 6.18 Å². The number of nitrogens with zero attached hydrogens (tertiary/aromatic N) is 3. The molecule has 98 valence electrons. The van der Waals surface area contributed by atoms with E-state index in [1.807, 2.05) is 6.07 Å². The van der Waals surface area contributed by atoms with Crippen molar-refractivity contribution in [2.75, 3.05) is 17.7 Å². The van der Waals surface area contributed by atoms with E-state index in [0.29, 0.717) is 0 Å². The monoisotopic (exact) mass is 258 g/mol. The van der Waals surface area contributed by atoms with E-state index in [1.54, 1.807) is 14.0 Å². The number of pyridine rings is 1. The summed E-state index contributed by atoms with van der Waals surface area (Å²) in [4.78, 5) is 5.34. The number of alkyl halides is 3. The van der Waals surface area contributed by atoms with E-state index in [4.69, 9.17) is 11.0 Å². The highest BCUT2D eigenvalue weighted by atomic mass is 19.4. The van der Waals surface area contributed by atoms with Crippen molar-refractivity contribution in [3.63, 3.8) is 0 Å². The number of halogens is 3. The molecule has 0 saturated heterocycles. The normalized spacial score (nSPS) is 12.9. The number of nitrogens with two attached hydrogens (primary N) is 1. The number of nitrogen functional groups attached to an aromatic ring is 1. The Labute approximate surface area is 103 Å². The van der Waals surface area contributed by atoms with E-state index in [1.165, 1.54) is 4.90 Å². The highest BCUT2D eigenvalue weighted by molar-refractivity contribution is 5.49. The zero-order chi connectivity index (χ0) is 13.9. The zero-order valence-electron chi connectivity index (χ0n) is 9.99. The first-order chi connectivity index (χ1) is 8.25. The van der Waals surface area contributed by atoms with Gasteiger partial charge in [0.15, 0.2) is 0 Å². The summed E-state index contributed by atoms with van der Waals surface area (Å²) >= 11 is 0. The fourth-order valence-electron chi connectivity index (χ4n) is 1.38. The Kier molecular flexibility index (Phi) is 4.01. The predicted octanol–water partition coefficient (Wildman–Crippen LogP) is 2.42. The van der Waals surface area contributed by atoms with Crippen molar-refractivity contribution in [3.05, 3.63) is 17.7 Å². The molecule has 1 atom stereocenters. The van der Waals surface area contributed by atoms with Crippen LogP contribution in [-0.4, -0.2) is 18.1 Å². The van der Waals surface area contributed by atoms with Crippen molar-refractivity contribution in [1.29, 1.82) is 5.26 Å². The molecule has 0 fully saturated rings. The molecular formula is C11H13F3N4. The number of nitriles is 1. The van der Waals surface area contributed by atoms with Gasteiger partial charge in [-0.2, -0.15) is 18.4 Å². The summed E-state index contributed by atoms with van der Waals surface area (Å²) in [6.07, 6.45) is -4.28. The molecule has 0 aromatic carbocycles. The van der Waals surface area contributed by atoms with Gasteiger partial charge in [-0.15, -0.1) is 0 Å². The maximum atomic E-state index is 12.6. The molecule has 0 aliphatic heterocycles. The van der Waals surface area contributed by atoms with Gasteiger partial charge < -0.3 is 10.6 Å². The number of rotatable bonds is 3. The van der Waals surface area contributed by atoms with Crippen LogP contribution in [0.5, 0.6) is 0 Å². The molecule has 1 rings (SSSR count). The van der Waals surface area contributed by atoms with Crippen LogP contribution in [0.3, 0.4) is 0 Å². The van der Waals surface area contributed by atoms with Crippen LogP contribution in [0.2, 0.25) is 0 Å². The molecule has 1 aromatic rings. The predicted molar refractivity (Wildman–Crippen MR) is 61.7 cm³/mol. The van der Waals surface area contributed by atoms with Crippen molar-refractivity contribution in [3.8, 4) is 6.07 Å². The molecule has 1 aromatic heterocycles. The van der Waals surface area contributed by atoms with Crippen LogP contribution in [0, 0.1) is 11.3 Å². The summed E-state index contributed by atoms with van der Waals surface area (Å²) in [6, 6.07) is 3.41. The minimum atomic E-state index is -4.47. The summed E-state index contributed by atoms with van der Waals surface area (Å²) in [5.41, 5.74) is 4.52. The lowest BCUT2D eigenvalue weighted by atomic mass is 10.2. The van der Waals surface area contributed by atoms with Gasteiger partial charge in [-0.25, -0.2) is 4.98 Å². The molecule has 0 amide bonds. The zero-order valence-corrected chi connectivity index (χ0v) is 9.99. The molecule has 18 heavy (non-hydrogen) atoms. The van der Waals surface area contributed by atoms with Crippen LogP contribution in [0.4, 0.5) is 24.8 Å². The first-order valence-corrected chi connectivity index (χ1v) is 5.20. The third-order valence-corrected chi connectivity index (χ3v) is 2.57. The van der Waals surface area contributed by atoms with Gasteiger partial charge in [-0.05, 0) is 19.1 Å². The number of aromatic nitrogens is 1. The van der Waals surface area contributed by atoms with Crippen LogP contribution in [0.25, 0.3) is 0 Å². The summed E-state index contributed by atoms with van der Waals surface area (Å²) < 4.78 is 37.8. The van der Waals surface area contributed by atoms with Gasteiger partial charge >= 0.3 is 6.18 Å². The van der Waals surface area contributed by atoms with Crippen molar-refractivity contribution in [2.24, 2.45) is 0 Å². The molecular weight excluding hydrogens is 245 g/mol. The Morgan fingerprint density at radius 2 is 2.11 bits per heavy atom. The first-order valence-electron chi connectivity index (χ1n) is 5.20. The Hall–Kier alpha value is -1.97. The SMILES string of the molecule is CC(CC#N)N(C)c1cc(C(F)(F)F)cc(N)n1. The average molecular weight is 258 g/mol. The fraction of sp³-hybridized carbons (Fsp3) is 0.455. The second-order valence-electron chi connectivity index (χ2n) is 3.96. The van der Waals surface area contributed by atoms with E-state index < -0.39 is 11.7 Å². The van der Waals surface area contributed by atoms with E-state index in [0.717, 1.165) is 12.1 Å². The van der Waals surface area contributed by atoms with Gasteiger partial charge in [0.1, 0.15) is 11.6 Å². The summed E-state index contributed by atoms with van der Waals surface area (Å²) in [6.45, 7) is 1.72. The maximum Gasteiger partial charge on any atom is 0.416 e. The second kappa shape index (κ2) is 5.12. The van der Waals surface area contributed by atoms with E-state index in [9.17, 15) is 13.2 Å². The smallest absolute Gasteiger partial charge is 0.384 e. The Balaban J connectivity index is 3.11. The fourth-order valence-corrected chi connectivity index (χ4v) is 1.38. The minimum Gasteiger partial charge on any atom is -0.384 e. The standard InChI is InChI=1S/C11H13F3N4/c1-7(3-4-15)18(2)10-6-8(11(12,13)14)5-9(16)17-10/h5-7H,3H2,1-2H3,(H2,16,17). The molecule has 0 saturated carbocycles. The van der Waals surface area contributed by atoms with Gasteiger partial charge in [0.2, 0.25) is 0 Å². The Bertz CT molecular complexity index is 464. The first kappa shape index (κ1) is 14.1. The lowest BCUT2D eigenvalue weighted by molar-refractivity contribution is -0.137. The van der Waals surface area contributed by atoms with Gasteiger partial charge in [0.05, 0.1) is 18.1 Å². The molecule has 0 radical (unpaired) electrons. The topological polar surface area (TPSA) is 65.9 Å². The third-order valence-electron chi connectivity index (χ3n) is 2.57. The molecule has 0 spiro atoms. The molecule has 1 unspecified atom stereocenters. The molecule has 7 heteroatoms. The molecule has 0 aliphatic carbocycles. The molecule has 4 nitrogen and oxygen atoms in total. The van der Waals surface area contributed by atoms with Crippen molar-refractivity contribution in [2.45, 2.75) is 25.6 Å². The Morgan fingerprint density at radius 3 is 2.61 bits per heavy atom. The Morgan fingerprint density at radius 1 is 1.50 bits per heavy atom. The maximum absolute atomic E-state index is 12.6. The molecule has 1 heterocycles. The quantitative estimate of drug-likeness (QED) is 0.904. The molecule has 2 N–H and O–H groups in total. The van der Waals surface area contributed by atoms with Crippen LogP contribution < -0.4 is 10.6 Å². The summed E-state index contributed by atoms with van der Waals surface area (Å²) in [5.74, 6) is -0.0964. The summed E-state index contributed by atoms with van der Waals surface area (Å²) in [5, 5.41) is 8.57. The number of hydrogen-bond donors (Lipinski definition) is 1. The highest BCUT2D eigenvalue weighted by Gasteiger charge is 2.32. The summed E-state index contributed by atoms with van der Waals surface area (Å²) in [7, 11) is 1.57. The second-order valence-corrected chi connectivity index (χ2v) is 3.96. The van der Waals surface area contributed by atoms with Crippen LogP contribution in [0.1, 0.15) is 18.9 Å². The van der Waals surface area contributed by atoms with Gasteiger partial charge in [0, 0.05) is 13.1 Å². The van der Waals surface area contributed by atoms with E-state index in [-0.39, 0.29) is 24.1 Å². The van der Waals surface area contributed by atoms with Crippen molar-refractivity contribution >= 4 is 11.6 Å².